The van der Waals surface area contributed by atoms with Gasteiger partial charge in [-0.15, -0.1) is 0 Å². The van der Waals surface area contributed by atoms with Gasteiger partial charge < -0.3 is 18.9 Å². The molecule has 0 aromatic heterocycles. The summed E-state index contributed by atoms with van der Waals surface area (Å²) in [6, 6.07) is 18.6. The van der Waals surface area contributed by atoms with Crippen molar-refractivity contribution in [3.8, 4) is 28.7 Å². The predicted octanol–water partition coefficient (Wildman–Crippen LogP) is 7.08. The van der Waals surface area contributed by atoms with Crippen LogP contribution >= 0.6 is 11.6 Å². The average molecular weight is 440 g/mol. The monoisotopic (exact) mass is 439 g/mol. The van der Waals surface area contributed by atoms with Crippen LogP contribution in [0.5, 0.6) is 28.7 Å². The Balaban J connectivity index is 1.74. The van der Waals surface area contributed by atoms with Crippen molar-refractivity contribution in [2.24, 2.45) is 4.99 Å². The quantitative estimate of drug-likeness (QED) is 0.334. The van der Waals surface area contributed by atoms with Crippen LogP contribution in [0.3, 0.4) is 0 Å². The summed E-state index contributed by atoms with van der Waals surface area (Å²) < 4.78 is 22.6. The second-order valence-electron chi connectivity index (χ2n) is 6.88. The normalized spacial score (nSPS) is 11.9. The highest BCUT2D eigenvalue weighted by Gasteiger charge is 2.14. The van der Waals surface area contributed by atoms with Crippen molar-refractivity contribution in [1.29, 1.82) is 0 Å². The van der Waals surface area contributed by atoms with E-state index in [0.717, 1.165) is 17.7 Å². The van der Waals surface area contributed by atoms with Gasteiger partial charge in [0.2, 0.25) is 0 Å². The van der Waals surface area contributed by atoms with Crippen LogP contribution in [-0.4, -0.2) is 26.5 Å². The zero-order valence-corrected chi connectivity index (χ0v) is 18.8. The van der Waals surface area contributed by atoms with Gasteiger partial charge in [-0.1, -0.05) is 30.7 Å². The molecule has 0 fully saturated rings. The number of benzene rings is 3. The molecule has 5 nitrogen and oxygen atoms in total. The van der Waals surface area contributed by atoms with E-state index in [9.17, 15) is 0 Å². The number of halogens is 1. The largest absolute Gasteiger partial charge is 0.493 e. The third kappa shape index (κ3) is 5.92. The van der Waals surface area contributed by atoms with Crippen molar-refractivity contribution in [1.82, 2.24) is 0 Å². The van der Waals surface area contributed by atoms with Gasteiger partial charge in [-0.25, -0.2) is 0 Å². The minimum Gasteiger partial charge on any atom is -0.493 e. The molecule has 0 unspecified atom stereocenters. The fourth-order valence-corrected chi connectivity index (χ4v) is 3.06. The molecular weight excluding hydrogens is 414 g/mol. The van der Waals surface area contributed by atoms with Gasteiger partial charge in [0.05, 0.1) is 31.0 Å². The topological polar surface area (TPSA) is 49.3 Å². The second-order valence-corrected chi connectivity index (χ2v) is 7.28. The van der Waals surface area contributed by atoms with Gasteiger partial charge in [0, 0.05) is 6.21 Å². The molecule has 0 heterocycles. The molecule has 0 aliphatic carbocycles. The Morgan fingerprint density at radius 3 is 2.26 bits per heavy atom. The summed E-state index contributed by atoms with van der Waals surface area (Å²) in [6.45, 7) is 4.05. The van der Waals surface area contributed by atoms with E-state index < -0.39 is 0 Å². The van der Waals surface area contributed by atoms with Crippen LogP contribution in [0.25, 0.3) is 0 Å². The lowest BCUT2D eigenvalue weighted by molar-refractivity contribution is 0.208. The number of hydrogen-bond acceptors (Lipinski definition) is 5. The van der Waals surface area contributed by atoms with E-state index in [1.807, 2.05) is 67.6 Å². The molecule has 3 rings (SSSR count). The Morgan fingerprint density at radius 2 is 1.61 bits per heavy atom. The summed E-state index contributed by atoms with van der Waals surface area (Å²) in [5.74, 6) is 3.15. The Labute approximate surface area is 188 Å². The van der Waals surface area contributed by atoms with Gasteiger partial charge in [-0.3, -0.25) is 4.99 Å². The first kappa shape index (κ1) is 22.5. The fourth-order valence-electron chi connectivity index (χ4n) is 2.79. The summed E-state index contributed by atoms with van der Waals surface area (Å²) in [5, 5.41) is 0.488. The van der Waals surface area contributed by atoms with Crippen molar-refractivity contribution in [3.05, 3.63) is 71.2 Å². The fraction of sp³-hybridized carbons (Fsp3) is 0.240. The molecule has 0 radical (unpaired) electrons. The van der Waals surface area contributed by atoms with Crippen LogP contribution < -0.4 is 18.9 Å². The molecule has 0 aliphatic rings. The molecule has 162 valence electrons. The van der Waals surface area contributed by atoms with Crippen LogP contribution in [0.2, 0.25) is 5.02 Å². The number of para-hydroxylation sites is 2. The van der Waals surface area contributed by atoms with Crippen molar-refractivity contribution >= 4 is 23.5 Å². The van der Waals surface area contributed by atoms with Crippen LogP contribution in [0.1, 0.15) is 25.8 Å². The lowest BCUT2D eigenvalue weighted by Crippen LogP contribution is -2.11. The molecule has 0 saturated carbocycles. The summed E-state index contributed by atoms with van der Waals surface area (Å²) in [5.41, 5.74) is 1.59. The third-order valence-electron chi connectivity index (χ3n) is 4.64. The average Bonchev–Trinajstić information content (AvgIpc) is 2.80. The van der Waals surface area contributed by atoms with E-state index in [0.29, 0.717) is 33.8 Å². The number of aliphatic imine (C=N–C) groups is 1. The number of rotatable bonds is 9. The van der Waals surface area contributed by atoms with Crippen molar-refractivity contribution in [3.63, 3.8) is 0 Å². The zero-order valence-electron chi connectivity index (χ0n) is 18.1. The summed E-state index contributed by atoms with van der Waals surface area (Å²) in [7, 11) is 3.21. The molecule has 31 heavy (non-hydrogen) atoms. The van der Waals surface area contributed by atoms with Crippen LogP contribution in [0, 0.1) is 0 Å². The molecule has 3 aromatic carbocycles. The molecule has 1 atom stereocenters. The molecule has 3 aromatic rings. The third-order valence-corrected chi connectivity index (χ3v) is 4.92. The first-order valence-electron chi connectivity index (χ1n) is 10.0. The summed E-state index contributed by atoms with van der Waals surface area (Å²) >= 11 is 6.43. The van der Waals surface area contributed by atoms with E-state index in [2.05, 4.69) is 11.9 Å². The van der Waals surface area contributed by atoms with Crippen molar-refractivity contribution in [2.45, 2.75) is 26.4 Å². The first-order valence-corrected chi connectivity index (χ1v) is 10.4. The minimum absolute atomic E-state index is 0.0440. The van der Waals surface area contributed by atoms with E-state index in [4.69, 9.17) is 30.5 Å². The molecule has 0 saturated heterocycles. The Hall–Kier alpha value is -3.18. The molecule has 6 heteroatoms. The Morgan fingerprint density at radius 1 is 0.935 bits per heavy atom. The minimum atomic E-state index is 0.0440. The Bertz CT molecular complexity index is 1030. The number of nitrogens with zero attached hydrogens (tertiary/aromatic N) is 1. The smallest absolute Gasteiger partial charge is 0.180 e. The SMILES string of the molecule is CC[C@@H](C)Oc1c(Cl)cc(C=Nc2ccc(Oc3ccccc3OC)cc2)cc1OC. The van der Waals surface area contributed by atoms with Gasteiger partial charge in [-0.2, -0.15) is 0 Å². The van der Waals surface area contributed by atoms with E-state index in [-0.39, 0.29) is 6.10 Å². The highest BCUT2D eigenvalue weighted by molar-refractivity contribution is 6.32. The number of ether oxygens (including phenoxy) is 4. The van der Waals surface area contributed by atoms with Crippen molar-refractivity contribution < 1.29 is 18.9 Å². The van der Waals surface area contributed by atoms with Gasteiger partial charge >= 0.3 is 0 Å². The van der Waals surface area contributed by atoms with Crippen LogP contribution in [0.4, 0.5) is 5.69 Å². The first-order chi connectivity index (χ1) is 15.0. The van der Waals surface area contributed by atoms with E-state index in [1.165, 1.54) is 0 Å². The molecule has 0 amide bonds. The maximum absolute atomic E-state index is 6.43. The van der Waals surface area contributed by atoms with Crippen molar-refractivity contribution in [2.75, 3.05) is 14.2 Å². The predicted molar refractivity (Wildman–Crippen MR) is 125 cm³/mol. The molecule has 0 bridgehead atoms. The maximum atomic E-state index is 6.43. The molecular formula is C25H26ClNO4. The van der Waals surface area contributed by atoms with Gasteiger partial charge in [-0.05, 0) is 67.4 Å². The highest BCUT2D eigenvalue weighted by atomic mass is 35.5. The van der Waals surface area contributed by atoms with E-state index in [1.54, 1.807) is 20.4 Å². The molecule has 0 spiro atoms. The van der Waals surface area contributed by atoms with Gasteiger partial charge in [0.15, 0.2) is 23.0 Å². The zero-order chi connectivity index (χ0) is 22.2. The lowest BCUT2D eigenvalue weighted by atomic mass is 10.2. The Kier molecular flexibility index (Phi) is 7.79. The van der Waals surface area contributed by atoms with Gasteiger partial charge in [0.1, 0.15) is 5.75 Å². The highest BCUT2D eigenvalue weighted by Crippen LogP contribution is 2.37. The number of hydrogen-bond donors (Lipinski definition) is 0. The van der Waals surface area contributed by atoms with Crippen LogP contribution in [0.15, 0.2) is 65.7 Å². The number of methoxy groups -OCH3 is 2. The molecule has 0 aliphatic heterocycles. The molecule has 0 N–H and O–H groups in total. The second kappa shape index (κ2) is 10.7. The van der Waals surface area contributed by atoms with E-state index >= 15 is 0 Å². The lowest BCUT2D eigenvalue weighted by Gasteiger charge is -2.17. The summed E-state index contributed by atoms with van der Waals surface area (Å²) in [6.07, 6.45) is 2.65. The summed E-state index contributed by atoms with van der Waals surface area (Å²) in [4.78, 5) is 4.52. The van der Waals surface area contributed by atoms with Gasteiger partial charge in [0.25, 0.3) is 0 Å². The standard InChI is InChI=1S/C25H26ClNO4/c1-5-17(2)30-25-21(26)14-18(15-24(25)29-4)16-27-19-10-12-20(13-11-19)31-23-9-7-6-8-22(23)28-3/h6-17H,5H2,1-4H3/t17-/m1/s1. The maximum Gasteiger partial charge on any atom is 0.180 e. The van der Waals surface area contributed by atoms with Crippen LogP contribution in [-0.2, 0) is 0 Å².